The number of rotatable bonds is 2. The van der Waals surface area contributed by atoms with Gasteiger partial charge in [-0.3, -0.25) is 0 Å². The highest BCUT2D eigenvalue weighted by molar-refractivity contribution is 5.53. The smallest absolute Gasteiger partial charge is 0.450 e. The minimum absolute atomic E-state index is 1.83. The van der Waals surface area contributed by atoms with Crippen LogP contribution in [0.15, 0.2) is 0 Å². The molecule has 0 heterocycles. The van der Waals surface area contributed by atoms with E-state index in [2.05, 4.69) is 0 Å². The van der Waals surface area contributed by atoms with Crippen LogP contribution in [0.1, 0.15) is 0 Å². The Kier molecular flexibility index (Phi) is 10.2. The zero-order valence-corrected chi connectivity index (χ0v) is 9.89. The third-order valence-corrected chi connectivity index (χ3v) is 1.23. The molecule has 0 aliphatic heterocycles. The first kappa shape index (κ1) is 25.4. The Morgan fingerprint density at radius 1 is 0.636 bits per heavy atom. The minimum Gasteiger partial charge on any atom is -0.450 e. The molecule has 0 radical (unpaired) electrons. The van der Waals surface area contributed by atoms with Gasteiger partial charge in [0.2, 0.25) is 0 Å². The summed E-state index contributed by atoms with van der Waals surface area (Å²) in [5.41, 5.74) is 0. The topological polar surface area (TPSA) is 98.0 Å². The molecule has 0 aliphatic rings. The molecule has 0 aliphatic carbocycles. The molecule has 0 rings (SSSR count). The van der Waals surface area contributed by atoms with Crippen molar-refractivity contribution >= 4 is 6.16 Å². The molecular weight excluding hydrogens is 354 g/mol. The van der Waals surface area contributed by atoms with Crippen molar-refractivity contribution in [2.45, 2.75) is 24.2 Å². The summed E-state index contributed by atoms with van der Waals surface area (Å²) < 4.78 is 111. The molecule has 0 aromatic rings. The molecule has 15 heteroatoms. The minimum atomic E-state index is -5.64. The molecule has 22 heavy (non-hydrogen) atoms. The predicted octanol–water partition coefficient (Wildman–Crippen LogP) is 2.58. The van der Waals surface area contributed by atoms with Crippen LogP contribution in [-0.2, 0) is 0 Å². The van der Waals surface area contributed by atoms with Crippen molar-refractivity contribution in [1.82, 2.24) is 0 Å². The van der Waals surface area contributed by atoms with Crippen LogP contribution in [0.4, 0.5) is 48.7 Å². The van der Waals surface area contributed by atoms with Gasteiger partial charge in [0, 0.05) is 0 Å². The first-order valence-corrected chi connectivity index (χ1v) is 4.38. The monoisotopic (exact) mass is 362 g/mol. The lowest BCUT2D eigenvalue weighted by atomic mass is 10.3. The Hall–Kier alpha value is -1.51. The quantitative estimate of drug-likeness (QED) is 0.566. The molecule has 0 fully saturated rings. The van der Waals surface area contributed by atoms with Gasteiger partial charge in [0.25, 0.3) is 0 Å². The average Bonchev–Trinajstić information content (AvgIpc) is 2.26. The second-order valence-corrected chi connectivity index (χ2v) is 3.00. The van der Waals surface area contributed by atoms with E-state index in [4.69, 9.17) is 25.2 Å². The van der Waals surface area contributed by atoms with Crippen molar-refractivity contribution in [3.63, 3.8) is 0 Å². The fourth-order valence-corrected chi connectivity index (χ4v) is 0.179. The highest BCUT2D eigenvalue weighted by atomic mass is 19.4. The summed E-state index contributed by atoms with van der Waals surface area (Å²) in [6.07, 6.45) is -13.1. The van der Waals surface area contributed by atoms with Gasteiger partial charge in [0.1, 0.15) is 13.2 Å². The third kappa shape index (κ3) is 11.2. The number of carboxylic acid groups (broad SMARTS) is 2. The Bertz CT molecular complexity index is 293. The molecule has 0 aromatic heterocycles. The maximum Gasteiger partial charge on any atom is 0.503 e. The normalized spacial score (nSPS) is 12.5. The van der Waals surface area contributed by atoms with Gasteiger partial charge in [-0.15, -0.1) is 0 Å². The fourth-order valence-electron chi connectivity index (χ4n) is 0.179. The van der Waals surface area contributed by atoms with Gasteiger partial charge in [-0.1, -0.05) is 0 Å². The van der Waals surface area contributed by atoms with Crippen LogP contribution in [0.3, 0.4) is 0 Å². The lowest BCUT2D eigenvalue weighted by molar-refractivity contribution is -0.292. The second-order valence-electron chi connectivity index (χ2n) is 3.00. The van der Waals surface area contributed by atoms with Crippen LogP contribution in [0.2, 0.25) is 0 Å². The van der Waals surface area contributed by atoms with Crippen LogP contribution >= 0.6 is 0 Å². The summed E-state index contributed by atoms with van der Waals surface area (Å²) in [6.45, 7) is -4.40. The maximum atomic E-state index is 11.3. The number of aliphatic hydroxyl groups excluding tert-OH is 2. The molecule has 0 aromatic carbocycles. The van der Waals surface area contributed by atoms with Crippen LogP contribution in [-0.4, -0.2) is 64.0 Å². The fraction of sp³-hybridized carbons (Fsp3) is 0.857. The van der Waals surface area contributed by atoms with E-state index in [1.54, 1.807) is 0 Å². The van der Waals surface area contributed by atoms with E-state index >= 15 is 0 Å². The third-order valence-electron chi connectivity index (χ3n) is 1.23. The van der Waals surface area contributed by atoms with Gasteiger partial charge in [0.15, 0.2) is 0 Å². The number of carbonyl (C=O) groups is 1. The van der Waals surface area contributed by atoms with Crippen LogP contribution in [0, 0.1) is 0 Å². The molecular formula is C7H8F10O5. The molecule has 0 saturated carbocycles. The van der Waals surface area contributed by atoms with Crippen molar-refractivity contribution in [3.05, 3.63) is 0 Å². The van der Waals surface area contributed by atoms with Gasteiger partial charge in [-0.25, -0.2) is 4.79 Å². The first-order chi connectivity index (χ1) is 9.35. The summed E-state index contributed by atoms with van der Waals surface area (Å²) in [7, 11) is 0. The van der Waals surface area contributed by atoms with Crippen LogP contribution < -0.4 is 0 Å². The standard InChI is InChI=1S/2C3H3F5O.CH2O3/c2*4-2(5,1-9)3(6,7)8;2-1(3)4/h2*9H,1H2;(H2,2,3,4). The number of alkyl halides is 10. The SMILES string of the molecule is O=C(O)O.OCC(F)(F)C(F)(F)F.OCC(F)(F)C(F)(F)F. The Balaban J connectivity index is -0.000000266. The first-order valence-electron chi connectivity index (χ1n) is 4.38. The lowest BCUT2D eigenvalue weighted by Gasteiger charge is -2.15. The van der Waals surface area contributed by atoms with Crippen LogP contribution in [0.5, 0.6) is 0 Å². The van der Waals surface area contributed by atoms with E-state index in [0.29, 0.717) is 0 Å². The molecule has 0 saturated heterocycles. The van der Waals surface area contributed by atoms with E-state index < -0.39 is 43.6 Å². The zero-order chi connectivity index (χ0) is 19.0. The summed E-state index contributed by atoms with van der Waals surface area (Å²) in [5.74, 6) is -9.93. The lowest BCUT2D eigenvalue weighted by Crippen LogP contribution is -2.39. The van der Waals surface area contributed by atoms with Crippen LogP contribution in [0.25, 0.3) is 0 Å². The van der Waals surface area contributed by atoms with Gasteiger partial charge in [-0.2, -0.15) is 43.9 Å². The number of halogens is 10. The maximum absolute atomic E-state index is 11.3. The summed E-state index contributed by atoms with van der Waals surface area (Å²) in [6, 6.07) is 0. The van der Waals surface area contributed by atoms with E-state index in [1.165, 1.54) is 0 Å². The average molecular weight is 362 g/mol. The van der Waals surface area contributed by atoms with E-state index in [-0.39, 0.29) is 0 Å². The van der Waals surface area contributed by atoms with Crippen molar-refractivity contribution in [2.24, 2.45) is 0 Å². The van der Waals surface area contributed by atoms with Gasteiger partial charge in [-0.05, 0) is 0 Å². The number of aliphatic hydroxyl groups is 2. The summed E-state index contributed by atoms with van der Waals surface area (Å²) >= 11 is 0. The van der Waals surface area contributed by atoms with E-state index in [9.17, 15) is 43.9 Å². The molecule has 4 N–H and O–H groups in total. The van der Waals surface area contributed by atoms with Crippen molar-refractivity contribution in [2.75, 3.05) is 13.2 Å². The molecule has 5 nitrogen and oxygen atoms in total. The summed E-state index contributed by atoms with van der Waals surface area (Å²) in [4.78, 5) is 8.56. The van der Waals surface area contributed by atoms with Crippen molar-refractivity contribution in [3.8, 4) is 0 Å². The molecule has 136 valence electrons. The zero-order valence-electron chi connectivity index (χ0n) is 9.89. The van der Waals surface area contributed by atoms with Gasteiger partial charge in [0.05, 0.1) is 0 Å². The Morgan fingerprint density at radius 3 is 0.773 bits per heavy atom. The Labute approximate surface area is 114 Å². The summed E-state index contributed by atoms with van der Waals surface area (Å²) in [5, 5.41) is 28.9. The predicted molar refractivity (Wildman–Crippen MR) is 46.8 cm³/mol. The van der Waals surface area contributed by atoms with Crippen molar-refractivity contribution < 1.29 is 69.1 Å². The largest absolute Gasteiger partial charge is 0.503 e. The molecule has 0 atom stereocenters. The highest BCUT2D eigenvalue weighted by Crippen LogP contribution is 2.35. The second kappa shape index (κ2) is 8.82. The van der Waals surface area contributed by atoms with Crippen molar-refractivity contribution in [1.29, 1.82) is 0 Å². The van der Waals surface area contributed by atoms with E-state index in [0.717, 1.165) is 0 Å². The Morgan fingerprint density at radius 2 is 0.773 bits per heavy atom. The van der Waals surface area contributed by atoms with Gasteiger partial charge >= 0.3 is 30.4 Å². The molecule has 0 bridgehead atoms. The highest BCUT2D eigenvalue weighted by Gasteiger charge is 2.57. The molecule has 0 spiro atoms. The number of hydrogen-bond acceptors (Lipinski definition) is 3. The molecule has 0 unspecified atom stereocenters. The number of hydrogen-bond donors (Lipinski definition) is 4. The van der Waals surface area contributed by atoms with Gasteiger partial charge < -0.3 is 20.4 Å². The molecule has 0 amide bonds. The van der Waals surface area contributed by atoms with E-state index in [1.807, 2.05) is 0 Å².